The predicted molar refractivity (Wildman–Crippen MR) is 129 cm³/mol. The number of amides is 1. The number of aromatic nitrogens is 3. The van der Waals surface area contributed by atoms with Crippen LogP contribution >= 0.6 is 22.9 Å². The highest BCUT2D eigenvalue weighted by Gasteiger charge is 2.19. The fourth-order valence-electron chi connectivity index (χ4n) is 3.17. The maximum absolute atomic E-state index is 13.1. The SMILES string of the molecule is CCc1cc(-c2ccccc2OC)c(C(=O)Nc2nnc(OCc3ccc(Cl)cc3)s2)cn1. The van der Waals surface area contributed by atoms with Gasteiger partial charge in [0.05, 0.1) is 12.7 Å². The maximum Gasteiger partial charge on any atom is 0.296 e. The van der Waals surface area contributed by atoms with Crippen molar-refractivity contribution >= 4 is 34.0 Å². The van der Waals surface area contributed by atoms with Crippen molar-refractivity contribution < 1.29 is 14.3 Å². The van der Waals surface area contributed by atoms with Gasteiger partial charge in [-0.2, -0.15) is 0 Å². The van der Waals surface area contributed by atoms with E-state index < -0.39 is 0 Å². The molecule has 0 aliphatic carbocycles. The summed E-state index contributed by atoms with van der Waals surface area (Å²) in [5, 5.41) is 12.2. The number of rotatable bonds is 8. The standard InChI is InChI=1S/C24H21ClN4O3S/c1-3-17-12-19(18-6-4-5-7-21(18)31-2)20(13-26-17)22(30)27-23-28-29-24(33-23)32-14-15-8-10-16(25)11-9-15/h4-13H,3,14H2,1-2H3,(H,27,28,30). The Bertz CT molecular complexity index is 1260. The number of para-hydroxylation sites is 1. The van der Waals surface area contributed by atoms with Gasteiger partial charge in [0.2, 0.25) is 5.13 Å². The van der Waals surface area contributed by atoms with Gasteiger partial charge in [0.1, 0.15) is 12.4 Å². The molecule has 9 heteroatoms. The van der Waals surface area contributed by atoms with Crippen LogP contribution < -0.4 is 14.8 Å². The van der Waals surface area contributed by atoms with Crippen LogP contribution in [-0.2, 0) is 13.0 Å². The Kier molecular flexibility index (Phi) is 7.16. The number of nitrogens with zero attached hydrogens (tertiary/aromatic N) is 3. The predicted octanol–water partition coefficient (Wildman–Crippen LogP) is 5.66. The molecule has 2 heterocycles. The van der Waals surface area contributed by atoms with Gasteiger partial charge in [-0.15, -0.1) is 5.10 Å². The Hall–Kier alpha value is -3.49. The van der Waals surface area contributed by atoms with Gasteiger partial charge in [-0.1, -0.05) is 54.0 Å². The Balaban J connectivity index is 1.52. The van der Waals surface area contributed by atoms with Gasteiger partial charge >= 0.3 is 0 Å². The minimum absolute atomic E-state index is 0.320. The van der Waals surface area contributed by atoms with Crippen LogP contribution in [0, 0.1) is 0 Å². The topological polar surface area (TPSA) is 86.2 Å². The van der Waals surface area contributed by atoms with Crippen molar-refractivity contribution in [3.05, 3.63) is 82.6 Å². The molecule has 0 spiro atoms. The Morgan fingerprint density at radius 2 is 1.88 bits per heavy atom. The van der Waals surface area contributed by atoms with Gasteiger partial charge in [0.15, 0.2) is 0 Å². The molecule has 4 rings (SSSR count). The molecule has 0 atom stereocenters. The molecule has 0 unspecified atom stereocenters. The van der Waals surface area contributed by atoms with E-state index in [4.69, 9.17) is 21.1 Å². The summed E-state index contributed by atoms with van der Waals surface area (Å²) in [5.74, 6) is 0.333. The average molecular weight is 481 g/mol. The zero-order valence-electron chi connectivity index (χ0n) is 18.0. The molecule has 2 aromatic carbocycles. The largest absolute Gasteiger partial charge is 0.496 e. The van der Waals surface area contributed by atoms with E-state index in [1.165, 1.54) is 0 Å². The number of methoxy groups -OCH3 is 1. The second kappa shape index (κ2) is 10.4. The number of benzene rings is 2. The Morgan fingerprint density at radius 1 is 1.09 bits per heavy atom. The number of hydrogen-bond donors (Lipinski definition) is 1. The Labute approximate surface area is 200 Å². The fourth-order valence-corrected chi connectivity index (χ4v) is 3.89. The van der Waals surface area contributed by atoms with E-state index in [0.717, 1.165) is 40.1 Å². The molecular weight excluding hydrogens is 460 g/mol. The van der Waals surface area contributed by atoms with Crippen LogP contribution in [0.3, 0.4) is 0 Å². The minimum Gasteiger partial charge on any atom is -0.496 e. The van der Waals surface area contributed by atoms with Gasteiger partial charge in [0, 0.05) is 28.0 Å². The molecule has 0 aliphatic rings. The highest BCUT2D eigenvalue weighted by atomic mass is 35.5. The molecule has 0 saturated carbocycles. The molecule has 2 aromatic heterocycles. The third-order valence-electron chi connectivity index (χ3n) is 4.87. The maximum atomic E-state index is 13.1. The van der Waals surface area contributed by atoms with Crippen molar-refractivity contribution in [2.45, 2.75) is 20.0 Å². The first kappa shape index (κ1) is 22.7. The number of carbonyl (C=O) groups is 1. The number of halogens is 1. The molecule has 168 valence electrons. The fraction of sp³-hybridized carbons (Fsp3) is 0.167. The van der Waals surface area contributed by atoms with Crippen LogP contribution in [0.1, 0.15) is 28.5 Å². The number of carbonyl (C=O) groups excluding carboxylic acids is 1. The van der Waals surface area contributed by atoms with E-state index in [-0.39, 0.29) is 5.91 Å². The lowest BCUT2D eigenvalue weighted by Crippen LogP contribution is -2.14. The molecule has 1 amide bonds. The summed E-state index contributed by atoms with van der Waals surface area (Å²) in [5.41, 5.74) is 3.78. The quantitative estimate of drug-likeness (QED) is 0.350. The van der Waals surface area contributed by atoms with E-state index in [1.54, 1.807) is 25.4 Å². The first-order valence-corrected chi connectivity index (χ1v) is 11.4. The first-order chi connectivity index (χ1) is 16.1. The summed E-state index contributed by atoms with van der Waals surface area (Å²) >= 11 is 7.05. The Morgan fingerprint density at radius 3 is 2.64 bits per heavy atom. The van der Waals surface area contributed by atoms with Crippen LogP contribution in [-0.4, -0.2) is 28.2 Å². The lowest BCUT2D eigenvalue weighted by Gasteiger charge is -2.13. The lowest BCUT2D eigenvalue weighted by atomic mass is 9.98. The lowest BCUT2D eigenvalue weighted by molar-refractivity contribution is 0.102. The van der Waals surface area contributed by atoms with Crippen LogP contribution in [0.5, 0.6) is 10.9 Å². The minimum atomic E-state index is -0.341. The van der Waals surface area contributed by atoms with Crippen molar-refractivity contribution in [1.82, 2.24) is 15.2 Å². The zero-order chi connectivity index (χ0) is 23.2. The molecule has 33 heavy (non-hydrogen) atoms. The third-order valence-corrected chi connectivity index (χ3v) is 5.87. The smallest absolute Gasteiger partial charge is 0.296 e. The highest BCUT2D eigenvalue weighted by Crippen LogP contribution is 2.33. The molecule has 1 N–H and O–H groups in total. The summed E-state index contributed by atoms with van der Waals surface area (Å²) in [4.78, 5) is 17.5. The molecule has 0 bridgehead atoms. The third kappa shape index (κ3) is 5.47. The van der Waals surface area contributed by atoms with E-state index in [9.17, 15) is 4.79 Å². The van der Waals surface area contributed by atoms with Crippen molar-refractivity contribution in [3.63, 3.8) is 0 Å². The van der Waals surface area contributed by atoms with Crippen LogP contribution in [0.15, 0.2) is 60.8 Å². The summed E-state index contributed by atoms with van der Waals surface area (Å²) < 4.78 is 11.2. The van der Waals surface area contributed by atoms with Gasteiger partial charge < -0.3 is 9.47 Å². The van der Waals surface area contributed by atoms with Crippen molar-refractivity contribution in [2.24, 2.45) is 0 Å². The molecular formula is C24H21ClN4O3S. The summed E-state index contributed by atoms with van der Waals surface area (Å²) in [6.07, 6.45) is 2.32. The van der Waals surface area contributed by atoms with Crippen LogP contribution in [0.2, 0.25) is 5.02 Å². The molecule has 0 aliphatic heterocycles. The average Bonchev–Trinajstić information content (AvgIpc) is 3.30. The van der Waals surface area contributed by atoms with Gasteiger partial charge in [-0.05, 0) is 47.6 Å². The van der Waals surface area contributed by atoms with Gasteiger partial charge in [-0.25, -0.2) is 0 Å². The zero-order valence-corrected chi connectivity index (χ0v) is 19.6. The van der Waals surface area contributed by atoms with Gasteiger partial charge in [0.25, 0.3) is 11.1 Å². The van der Waals surface area contributed by atoms with E-state index in [2.05, 4.69) is 20.5 Å². The number of pyridine rings is 1. The van der Waals surface area contributed by atoms with Crippen molar-refractivity contribution in [3.8, 4) is 22.1 Å². The van der Waals surface area contributed by atoms with Gasteiger partial charge in [-0.3, -0.25) is 15.1 Å². The molecule has 7 nitrogen and oxygen atoms in total. The molecule has 4 aromatic rings. The number of hydrogen-bond acceptors (Lipinski definition) is 7. The number of anilines is 1. The van der Waals surface area contributed by atoms with Crippen molar-refractivity contribution in [2.75, 3.05) is 12.4 Å². The highest BCUT2D eigenvalue weighted by molar-refractivity contribution is 7.17. The first-order valence-electron chi connectivity index (χ1n) is 10.2. The normalized spacial score (nSPS) is 10.6. The summed E-state index contributed by atoms with van der Waals surface area (Å²) in [6.45, 7) is 2.33. The van der Waals surface area contributed by atoms with Crippen LogP contribution in [0.25, 0.3) is 11.1 Å². The second-order valence-corrected chi connectivity index (χ2v) is 8.39. The van der Waals surface area contributed by atoms with E-state index in [1.807, 2.05) is 49.4 Å². The number of aryl methyl sites for hydroxylation is 1. The molecule has 0 radical (unpaired) electrons. The molecule has 0 fully saturated rings. The monoisotopic (exact) mass is 480 g/mol. The summed E-state index contributed by atoms with van der Waals surface area (Å²) in [7, 11) is 1.60. The van der Waals surface area contributed by atoms with Crippen LogP contribution in [0.4, 0.5) is 5.13 Å². The van der Waals surface area contributed by atoms with E-state index in [0.29, 0.717) is 33.3 Å². The van der Waals surface area contributed by atoms with E-state index >= 15 is 0 Å². The second-order valence-electron chi connectivity index (χ2n) is 7.02. The number of ether oxygens (including phenoxy) is 2. The number of nitrogens with one attached hydrogen (secondary N) is 1. The molecule has 0 saturated heterocycles. The van der Waals surface area contributed by atoms with Crippen molar-refractivity contribution in [1.29, 1.82) is 0 Å². The summed E-state index contributed by atoms with van der Waals surface area (Å²) in [6, 6.07) is 16.8.